The van der Waals surface area contributed by atoms with Crippen LogP contribution >= 0.6 is 0 Å². The molecule has 4 nitrogen and oxygen atoms in total. The Balaban J connectivity index is 1.98. The van der Waals surface area contributed by atoms with Crippen molar-refractivity contribution in [1.29, 1.82) is 0 Å². The van der Waals surface area contributed by atoms with Gasteiger partial charge in [0.05, 0.1) is 0 Å². The maximum absolute atomic E-state index is 11.8. The van der Waals surface area contributed by atoms with Crippen LogP contribution in [0.3, 0.4) is 0 Å². The van der Waals surface area contributed by atoms with E-state index in [-0.39, 0.29) is 12.7 Å². The highest BCUT2D eigenvalue weighted by Gasteiger charge is 2.10. The third kappa shape index (κ3) is 2.72. The van der Waals surface area contributed by atoms with Crippen molar-refractivity contribution >= 4 is 6.09 Å². The first-order valence-electron chi connectivity index (χ1n) is 5.54. The molecule has 0 aliphatic heterocycles. The van der Waals surface area contributed by atoms with Gasteiger partial charge in [-0.05, 0) is 5.56 Å². The SMILES string of the molecule is CCc1nccn1C(=O)OCc1ccccc1. The Morgan fingerprint density at radius 1 is 1.35 bits per heavy atom. The van der Waals surface area contributed by atoms with Crippen molar-refractivity contribution in [3.63, 3.8) is 0 Å². The minimum Gasteiger partial charge on any atom is -0.444 e. The number of benzene rings is 1. The van der Waals surface area contributed by atoms with E-state index in [0.29, 0.717) is 12.2 Å². The van der Waals surface area contributed by atoms with Gasteiger partial charge in [0.1, 0.15) is 12.4 Å². The fraction of sp³-hybridized carbons (Fsp3) is 0.231. The van der Waals surface area contributed by atoms with Crippen LogP contribution in [-0.4, -0.2) is 15.6 Å². The second-order valence-electron chi connectivity index (χ2n) is 3.61. The summed E-state index contributed by atoms with van der Waals surface area (Å²) in [7, 11) is 0. The van der Waals surface area contributed by atoms with E-state index in [1.807, 2.05) is 37.3 Å². The normalized spacial score (nSPS) is 10.2. The summed E-state index contributed by atoms with van der Waals surface area (Å²) in [6.07, 6.45) is 3.53. The number of rotatable bonds is 3. The molecule has 88 valence electrons. The molecule has 0 atom stereocenters. The van der Waals surface area contributed by atoms with Gasteiger partial charge in [0, 0.05) is 18.8 Å². The predicted molar refractivity (Wildman–Crippen MR) is 63.6 cm³/mol. The number of nitrogens with zero attached hydrogens (tertiary/aromatic N) is 2. The number of hydrogen-bond donors (Lipinski definition) is 0. The summed E-state index contributed by atoms with van der Waals surface area (Å²) >= 11 is 0. The molecule has 1 aromatic heterocycles. The highest BCUT2D eigenvalue weighted by Crippen LogP contribution is 2.04. The summed E-state index contributed by atoms with van der Waals surface area (Å²) in [6.45, 7) is 2.23. The van der Waals surface area contributed by atoms with Crippen molar-refractivity contribution in [3.8, 4) is 0 Å². The van der Waals surface area contributed by atoms with Gasteiger partial charge in [-0.2, -0.15) is 0 Å². The molecule has 2 rings (SSSR count). The van der Waals surface area contributed by atoms with Gasteiger partial charge in [-0.1, -0.05) is 37.3 Å². The van der Waals surface area contributed by atoms with Crippen LogP contribution in [0.5, 0.6) is 0 Å². The minimum atomic E-state index is -0.386. The van der Waals surface area contributed by atoms with Gasteiger partial charge in [-0.3, -0.25) is 0 Å². The molecule has 0 saturated heterocycles. The van der Waals surface area contributed by atoms with Crippen LogP contribution in [0.4, 0.5) is 4.79 Å². The number of hydrogen-bond acceptors (Lipinski definition) is 3. The van der Waals surface area contributed by atoms with Crippen molar-refractivity contribution in [1.82, 2.24) is 9.55 Å². The zero-order chi connectivity index (χ0) is 12.1. The van der Waals surface area contributed by atoms with E-state index in [2.05, 4.69) is 4.98 Å². The summed E-state index contributed by atoms with van der Waals surface area (Å²) in [5.74, 6) is 0.711. The molecule has 4 heteroatoms. The van der Waals surface area contributed by atoms with Crippen molar-refractivity contribution in [2.75, 3.05) is 0 Å². The lowest BCUT2D eigenvalue weighted by atomic mass is 10.2. The van der Waals surface area contributed by atoms with Crippen molar-refractivity contribution in [3.05, 3.63) is 54.1 Å². The fourth-order valence-corrected chi connectivity index (χ4v) is 1.55. The first-order chi connectivity index (χ1) is 8.31. The Kier molecular flexibility index (Phi) is 3.55. The summed E-state index contributed by atoms with van der Waals surface area (Å²) in [5.41, 5.74) is 0.971. The molecule has 1 aromatic carbocycles. The molecule has 0 saturated carbocycles. The first-order valence-corrected chi connectivity index (χ1v) is 5.54. The van der Waals surface area contributed by atoms with Crippen LogP contribution < -0.4 is 0 Å². The van der Waals surface area contributed by atoms with E-state index < -0.39 is 0 Å². The van der Waals surface area contributed by atoms with Gasteiger partial charge in [0.15, 0.2) is 0 Å². The number of carbonyl (C=O) groups is 1. The molecule has 0 fully saturated rings. The number of imidazole rings is 1. The minimum absolute atomic E-state index is 0.279. The number of aryl methyl sites for hydroxylation is 1. The quantitative estimate of drug-likeness (QED) is 0.814. The number of carbonyl (C=O) groups excluding carboxylic acids is 1. The van der Waals surface area contributed by atoms with Gasteiger partial charge < -0.3 is 4.74 Å². The Bertz CT molecular complexity index is 491. The zero-order valence-electron chi connectivity index (χ0n) is 9.67. The summed E-state index contributed by atoms with van der Waals surface area (Å²) in [4.78, 5) is 15.8. The maximum Gasteiger partial charge on any atom is 0.419 e. The summed E-state index contributed by atoms with van der Waals surface area (Å²) in [6, 6.07) is 9.59. The number of ether oxygens (including phenoxy) is 1. The van der Waals surface area contributed by atoms with Gasteiger partial charge >= 0.3 is 6.09 Å². The molecular weight excluding hydrogens is 216 g/mol. The van der Waals surface area contributed by atoms with E-state index in [1.165, 1.54) is 4.57 Å². The van der Waals surface area contributed by atoms with Crippen LogP contribution in [0.15, 0.2) is 42.7 Å². The van der Waals surface area contributed by atoms with Crippen LogP contribution in [0.25, 0.3) is 0 Å². The highest BCUT2D eigenvalue weighted by molar-refractivity contribution is 5.71. The predicted octanol–water partition coefficient (Wildman–Crippen LogP) is 2.63. The Morgan fingerprint density at radius 3 is 2.82 bits per heavy atom. The lowest BCUT2D eigenvalue weighted by Gasteiger charge is -2.06. The molecule has 2 aromatic rings. The largest absolute Gasteiger partial charge is 0.444 e. The molecule has 0 N–H and O–H groups in total. The standard InChI is InChI=1S/C13H14N2O2/c1-2-12-14-8-9-15(12)13(16)17-10-11-6-4-3-5-7-11/h3-9H,2,10H2,1H3. The molecule has 0 amide bonds. The fourth-order valence-electron chi connectivity index (χ4n) is 1.55. The highest BCUT2D eigenvalue weighted by atomic mass is 16.5. The Hall–Kier alpha value is -2.10. The van der Waals surface area contributed by atoms with Gasteiger partial charge in [0.2, 0.25) is 0 Å². The molecular formula is C13H14N2O2. The van der Waals surface area contributed by atoms with Crippen molar-refractivity contribution in [2.45, 2.75) is 20.0 Å². The maximum atomic E-state index is 11.8. The second kappa shape index (κ2) is 5.30. The van der Waals surface area contributed by atoms with Gasteiger partial charge in [-0.15, -0.1) is 0 Å². The van der Waals surface area contributed by atoms with E-state index in [0.717, 1.165) is 5.56 Å². The molecule has 0 aliphatic carbocycles. The summed E-state index contributed by atoms with van der Waals surface area (Å²) < 4.78 is 6.63. The molecule has 0 unspecified atom stereocenters. The smallest absolute Gasteiger partial charge is 0.419 e. The molecule has 0 radical (unpaired) electrons. The molecule has 0 bridgehead atoms. The molecule has 1 heterocycles. The van der Waals surface area contributed by atoms with Gasteiger partial charge in [-0.25, -0.2) is 14.3 Å². The van der Waals surface area contributed by atoms with Crippen LogP contribution in [0.2, 0.25) is 0 Å². The lowest BCUT2D eigenvalue weighted by Crippen LogP contribution is -2.15. The second-order valence-corrected chi connectivity index (χ2v) is 3.61. The summed E-state index contributed by atoms with van der Waals surface area (Å²) in [5, 5.41) is 0. The zero-order valence-corrected chi connectivity index (χ0v) is 9.67. The van der Waals surface area contributed by atoms with Crippen LogP contribution in [0, 0.1) is 0 Å². The lowest BCUT2D eigenvalue weighted by molar-refractivity contribution is 0.140. The third-order valence-electron chi connectivity index (χ3n) is 2.44. The first kappa shape index (κ1) is 11.4. The monoisotopic (exact) mass is 230 g/mol. The third-order valence-corrected chi connectivity index (χ3v) is 2.44. The van der Waals surface area contributed by atoms with E-state index in [4.69, 9.17) is 4.74 Å². The Labute approximate surface area is 99.9 Å². The topological polar surface area (TPSA) is 44.1 Å². The van der Waals surface area contributed by atoms with Crippen LogP contribution in [-0.2, 0) is 17.8 Å². The van der Waals surface area contributed by atoms with E-state index in [1.54, 1.807) is 12.4 Å². The van der Waals surface area contributed by atoms with Crippen molar-refractivity contribution in [2.24, 2.45) is 0 Å². The molecule has 17 heavy (non-hydrogen) atoms. The molecule has 0 aliphatic rings. The van der Waals surface area contributed by atoms with E-state index >= 15 is 0 Å². The average molecular weight is 230 g/mol. The van der Waals surface area contributed by atoms with E-state index in [9.17, 15) is 4.79 Å². The molecule has 0 spiro atoms. The van der Waals surface area contributed by atoms with Gasteiger partial charge in [0.25, 0.3) is 0 Å². The number of aromatic nitrogens is 2. The Morgan fingerprint density at radius 2 is 2.12 bits per heavy atom. The van der Waals surface area contributed by atoms with Crippen molar-refractivity contribution < 1.29 is 9.53 Å². The van der Waals surface area contributed by atoms with Crippen LogP contribution in [0.1, 0.15) is 18.3 Å². The average Bonchev–Trinajstić information content (AvgIpc) is 2.85.